The van der Waals surface area contributed by atoms with Crippen molar-refractivity contribution in [3.05, 3.63) is 54.6 Å². The number of hydrogen-bond acceptors (Lipinski definition) is 3. The third-order valence-corrected chi connectivity index (χ3v) is 3.08. The topological polar surface area (TPSA) is 21.7 Å². The molecule has 2 rings (SSSR count). The van der Waals surface area contributed by atoms with Gasteiger partial charge in [-0.3, -0.25) is 0 Å². The highest BCUT2D eigenvalue weighted by Gasteiger charge is 2.05. The second-order valence-electron chi connectivity index (χ2n) is 5.22. The number of para-hydroxylation sites is 3. The Hall–Kier alpha value is -1.71. The molecule has 0 aliphatic heterocycles. The Balaban J connectivity index is 0.00000242. The summed E-state index contributed by atoms with van der Waals surface area (Å²) in [5.41, 5.74) is 0. The molecule has 0 saturated heterocycles. The average Bonchev–Trinajstić information content (AvgIpc) is 2.49. The van der Waals surface area contributed by atoms with E-state index in [1.165, 1.54) is 0 Å². The van der Waals surface area contributed by atoms with Gasteiger partial charge in [-0.05, 0) is 57.7 Å². The number of benzene rings is 2. The van der Waals surface area contributed by atoms with Gasteiger partial charge in [0.1, 0.15) is 5.75 Å². The number of rotatable bonds is 8. The van der Waals surface area contributed by atoms with Crippen molar-refractivity contribution in [3.63, 3.8) is 0 Å². The average molecular weight is 322 g/mol. The zero-order valence-electron chi connectivity index (χ0n) is 13.2. The van der Waals surface area contributed by atoms with E-state index in [2.05, 4.69) is 19.0 Å². The molecule has 0 fully saturated rings. The molecule has 0 bridgehead atoms. The van der Waals surface area contributed by atoms with Gasteiger partial charge in [0.25, 0.3) is 0 Å². The Kier molecular flexibility index (Phi) is 8.41. The van der Waals surface area contributed by atoms with Crippen LogP contribution < -0.4 is 9.47 Å². The zero-order chi connectivity index (χ0) is 14.9. The van der Waals surface area contributed by atoms with Crippen LogP contribution in [0.4, 0.5) is 0 Å². The molecular weight excluding hydrogens is 298 g/mol. The Morgan fingerprint density at radius 3 is 2.14 bits per heavy atom. The molecule has 0 amide bonds. The highest BCUT2D eigenvalue weighted by Crippen LogP contribution is 2.31. The van der Waals surface area contributed by atoms with Crippen LogP contribution in [0.5, 0.6) is 17.2 Å². The SMILES string of the molecule is CN(C)CCCCOc1ccccc1Oc1ccccc1.Cl. The van der Waals surface area contributed by atoms with Crippen molar-refractivity contribution >= 4 is 12.4 Å². The van der Waals surface area contributed by atoms with Crippen molar-refractivity contribution in [3.8, 4) is 17.2 Å². The van der Waals surface area contributed by atoms with E-state index in [-0.39, 0.29) is 12.4 Å². The summed E-state index contributed by atoms with van der Waals surface area (Å²) in [7, 11) is 4.17. The maximum Gasteiger partial charge on any atom is 0.169 e. The molecule has 2 aromatic carbocycles. The first kappa shape index (κ1) is 18.3. The maximum absolute atomic E-state index is 5.87. The minimum absolute atomic E-state index is 0. The highest BCUT2D eigenvalue weighted by molar-refractivity contribution is 5.85. The van der Waals surface area contributed by atoms with Crippen LogP contribution in [0, 0.1) is 0 Å². The van der Waals surface area contributed by atoms with Crippen molar-refractivity contribution in [1.82, 2.24) is 4.90 Å². The van der Waals surface area contributed by atoms with Crippen LogP contribution in [0.1, 0.15) is 12.8 Å². The van der Waals surface area contributed by atoms with Gasteiger partial charge in [-0.1, -0.05) is 30.3 Å². The molecule has 0 N–H and O–H groups in total. The molecule has 0 atom stereocenters. The van der Waals surface area contributed by atoms with Crippen LogP contribution in [-0.2, 0) is 0 Å². The third-order valence-electron chi connectivity index (χ3n) is 3.08. The summed E-state index contributed by atoms with van der Waals surface area (Å²) < 4.78 is 11.7. The lowest BCUT2D eigenvalue weighted by Crippen LogP contribution is -2.13. The molecule has 2 aromatic rings. The first-order chi connectivity index (χ1) is 10.3. The molecule has 0 spiro atoms. The smallest absolute Gasteiger partial charge is 0.169 e. The summed E-state index contributed by atoms with van der Waals surface area (Å²) in [4.78, 5) is 2.19. The maximum atomic E-state index is 5.87. The summed E-state index contributed by atoms with van der Waals surface area (Å²) in [6, 6.07) is 17.6. The third kappa shape index (κ3) is 6.37. The standard InChI is InChI=1S/C18H23NO2.ClH/c1-19(2)14-8-9-15-20-17-12-6-7-13-18(17)21-16-10-4-3-5-11-16;/h3-7,10-13H,8-9,14-15H2,1-2H3;1H. The van der Waals surface area contributed by atoms with E-state index in [9.17, 15) is 0 Å². The Morgan fingerprint density at radius 1 is 0.818 bits per heavy atom. The van der Waals surface area contributed by atoms with E-state index >= 15 is 0 Å². The van der Waals surface area contributed by atoms with Gasteiger partial charge in [-0.2, -0.15) is 0 Å². The van der Waals surface area contributed by atoms with Crippen molar-refractivity contribution in [2.24, 2.45) is 0 Å². The minimum Gasteiger partial charge on any atom is -0.490 e. The molecule has 120 valence electrons. The number of unbranched alkanes of at least 4 members (excludes halogenated alkanes) is 1. The quantitative estimate of drug-likeness (QED) is 0.662. The molecule has 0 aliphatic rings. The minimum atomic E-state index is 0. The fraction of sp³-hybridized carbons (Fsp3) is 0.333. The first-order valence-corrected chi connectivity index (χ1v) is 7.35. The van der Waals surface area contributed by atoms with E-state index < -0.39 is 0 Å². The molecule has 0 unspecified atom stereocenters. The van der Waals surface area contributed by atoms with E-state index in [1.54, 1.807) is 0 Å². The van der Waals surface area contributed by atoms with Crippen LogP contribution >= 0.6 is 12.4 Å². The first-order valence-electron chi connectivity index (χ1n) is 7.35. The summed E-state index contributed by atoms with van der Waals surface area (Å²) in [6.45, 7) is 1.80. The van der Waals surface area contributed by atoms with Gasteiger partial charge in [-0.15, -0.1) is 12.4 Å². The molecule has 0 saturated carbocycles. The van der Waals surface area contributed by atoms with Crippen LogP contribution in [0.2, 0.25) is 0 Å². The fourth-order valence-electron chi connectivity index (χ4n) is 1.98. The van der Waals surface area contributed by atoms with Gasteiger partial charge in [0.05, 0.1) is 6.61 Å². The highest BCUT2D eigenvalue weighted by atomic mass is 35.5. The van der Waals surface area contributed by atoms with Gasteiger partial charge in [-0.25, -0.2) is 0 Å². The Morgan fingerprint density at radius 2 is 1.45 bits per heavy atom. The predicted molar refractivity (Wildman–Crippen MR) is 93.5 cm³/mol. The number of halogens is 1. The van der Waals surface area contributed by atoms with Gasteiger partial charge >= 0.3 is 0 Å². The Labute approximate surface area is 139 Å². The van der Waals surface area contributed by atoms with Gasteiger partial charge < -0.3 is 14.4 Å². The van der Waals surface area contributed by atoms with E-state index in [0.29, 0.717) is 6.61 Å². The monoisotopic (exact) mass is 321 g/mol. The molecule has 0 aromatic heterocycles. The molecule has 4 heteroatoms. The molecular formula is C18H24ClNO2. The largest absolute Gasteiger partial charge is 0.490 e. The normalized spacial score (nSPS) is 10.1. The zero-order valence-corrected chi connectivity index (χ0v) is 14.0. The summed E-state index contributed by atoms with van der Waals surface area (Å²) >= 11 is 0. The van der Waals surface area contributed by atoms with Gasteiger partial charge in [0, 0.05) is 0 Å². The predicted octanol–water partition coefficient (Wildman–Crippen LogP) is 4.62. The summed E-state index contributed by atoms with van der Waals surface area (Å²) in [5, 5.41) is 0. The lowest BCUT2D eigenvalue weighted by molar-refractivity contribution is 0.282. The van der Waals surface area contributed by atoms with Crippen LogP contribution in [0.25, 0.3) is 0 Å². The molecule has 0 radical (unpaired) electrons. The second kappa shape index (κ2) is 10.1. The fourth-order valence-corrected chi connectivity index (χ4v) is 1.98. The van der Waals surface area contributed by atoms with Crippen molar-refractivity contribution < 1.29 is 9.47 Å². The second-order valence-corrected chi connectivity index (χ2v) is 5.22. The van der Waals surface area contributed by atoms with Crippen molar-refractivity contribution in [2.75, 3.05) is 27.2 Å². The van der Waals surface area contributed by atoms with Crippen LogP contribution in [0.15, 0.2) is 54.6 Å². The number of nitrogens with zero attached hydrogens (tertiary/aromatic N) is 1. The number of hydrogen-bond donors (Lipinski definition) is 0. The van der Waals surface area contributed by atoms with Gasteiger partial charge in [0.15, 0.2) is 11.5 Å². The molecule has 3 nitrogen and oxygen atoms in total. The molecule has 0 aliphatic carbocycles. The van der Waals surface area contributed by atoms with E-state index in [1.807, 2.05) is 54.6 Å². The lowest BCUT2D eigenvalue weighted by Gasteiger charge is -2.13. The van der Waals surface area contributed by atoms with E-state index in [0.717, 1.165) is 36.6 Å². The number of ether oxygens (including phenoxy) is 2. The van der Waals surface area contributed by atoms with Crippen molar-refractivity contribution in [1.29, 1.82) is 0 Å². The molecule has 0 heterocycles. The summed E-state index contributed by atoms with van der Waals surface area (Å²) in [5.74, 6) is 2.38. The summed E-state index contributed by atoms with van der Waals surface area (Å²) in [6.07, 6.45) is 2.17. The van der Waals surface area contributed by atoms with E-state index in [4.69, 9.17) is 9.47 Å². The van der Waals surface area contributed by atoms with Crippen LogP contribution in [0.3, 0.4) is 0 Å². The van der Waals surface area contributed by atoms with Crippen LogP contribution in [-0.4, -0.2) is 32.1 Å². The lowest BCUT2D eigenvalue weighted by atomic mass is 10.3. The Bertz CT molecular complexity index is 532. The van der Waals surface area contributed by atoms with Crippen molar-refractivity contribution in [2.45, 2.75) is 12.8 Å². The van der Waals surface area contributed by atoms with Gasteiger partial charge in [0.2, 0.25) is 0 Å². The molecule has 22 heavy (non-hydrogen) atoms.